The van der Waals surface area contributed by atoms with E-state index in [-0.39, 0.29) is 13.1 Å². The Morgan fingerprint density at radius 3 is 2.57 bits per heavy atom. The number of nitrogens with two attached hydrogens (primary N) is 1. The van der Waals surface area contributed by atoms with Crippen LogP contribution >= 0.6 is 0 Å². The van der Waals surface area contributed by atoms with Crippen LogP contribution in [0.3, 0.4) is 0 Å². The minimum atomic E-state index is -3.98. The first-order valence-corrected chi connectivity index (χ1v) is 8.17. The number of halogens is 2. The van der Waals surface area contributed by atoms with Crippen LogP contribution in [0.2, 0.25) is 0 Å². The lowest BCUT2D eigenvalue weighted by atomic mass is 10.2. The zero-order chi connectivity index (χ0) is 15.6. The van der Waals surface area contributed by atoms with Gasteiger partial charge in [0.05, 0.1) is 0 Å². The van der Waals surface area contributed by atoms with Gasteiger partial charge in [-0.1, -0.05) is 0 Å². The molecule has 0 atom stereocenters. The first-order valence-electron chi connectivity index (χ1n) is 6.73. The predicted octanol–water partition coefficient (Wildman–Crippen LogP) is 0.750. The largest absolute Gasteiger partial charge is 0.326 e. The Morgan fingerprint density at radius 1 is 1.19 bits per heavy atom. The van der Waals surface area contributed by atoms with Gasteiger partial charge in [-0.15, -0.1) is 0 Å². The van der Waals surface area contributed by atoms with Gasteiger partial charge in [0.2, 0.25) is 10.0 Å². The quantitative estimate of drug-likeness (QED) is 0.893. The number of hydrogen-bond donors (Lipinski definition) is 1. The van der Waals surface area contributed by atoms with E-state index in [1.165, 1.54) is 4.31 Å². The first-order chi connectivity index (χ1) is 9.87. The third-order valence-electron chi connectivity index (χ3n) is 3.65. The summed E-state index contributed by atoms with van der Waals surface area (Å²) in [5.74, 6) is -1.92. The molecule has 21 heavy (non-hydrogen) atoms. The van der Waals surface area contributed by atoms with Gasteiger partial charge in [0.1, 0.15) is 10.7 Å². The van der Waals surface area contributed by atoms with E-state index in [0.29, 0.717) is 19.5 Å². The molecule has 0 radical (unpaired) electrons. The molecule has 0 saturated carbocycles. The van der Waals surface area contributed by atoms with Crippen molar-refractivity contribution in [3.8, 4) is 0 Å². The lowest BCUT2D eigenvalue weighted by Crippen LogP contribution is -2.35. The fourth-order valence-electron chi connectivity index (χ4n) is 2.36. The number of rotatable bonds is 3. The zero-order valence-corrected chi connectivity index (χ0v) is 12.7. The average Bonchev–Trinajstić information content (AvgIpc) is 2.64. The molecular formula is C13H19F2N3O2S. The van der Waals surface area contributed by atoms with Gasteiger partial charge < -0.3 is 10.6 Å². The van der Waals surface area contributed by atoms with Gasteiger partial charge in [-0.2, -0.15) is 4.31 Å². The third kappa shape index (κ3) is 3.23. The molecule has 0 unspecified atom stereocenters. The molecule has 1 aromatic carbocycles. The molecule has 1 aromatic rings. The van der Waals surface area contributed by atoms with Crippen LogP contribution in [-0.2, 0) is 16.6 Å². The summed E-state index contributed by atoms with van der Waals surface area (Å²) in [6.45, 7) is 1.58. The molecule has 1 heterocycles. The smallest absolute Gasteiger partial charge is 0.246 e. The van der Waals surface area contributed by atoms with Crippen LogP contribution in [0.5, 0.6) is 0 Å². The summed E-state index contributed by atoms with van der Waals surface area (Å²) in [6, 6.07) is 1.91. The van der Waals surface area contributed by atoms with Crippen LogP contribution in [0.1, 0.15) is 12.0 Å². The van der Waals surface area contributed by atoms with Crippen LogP contribution in [0.15, 0.2) is 17.0 Å². The van der Waals surface area contributed by atoms with Gasteiger partial charge >= 0.3 is 0 Å². The summed E-state index contributed by atoms with van der Waals surface area (Å²) >= 11 is 0. The molecule has 0 spiro atoms. The summed E-state index contributed by atoms with van der Waals surface area (Å²) in [5, 5.41) is 0. The summed E-state index contributed by atoms with van der Waals surface area (Å²) < 4.78 is 54.0. The molecule has 2 N–H and O–H groups in total. The van der Waals surface area contributed by atoms with E-state index >= 15 is 0 Å². The van der Waals surface area contributed by atoms with Gasteiger partial charge in [0.15, 0.2) is 5.82 Å². The maximum Gasteiger partial charge on any atom is 0.246 e. The van der Waals surface area contributed by atoms with E-state index in [1.807, 2.05) is 11.9 Å². The fraction of sp³-hybridized carbons (Fsp3) is 0.538. The van der Waals surface area contributed by atoms with E-state index in [1.54, 1.807) is 0 Å². The van der Waals surface area contributed by atoms with Crippen LogP contribution in [0, 0.1) is 11.6 Å². The van der Waals surface area contributed by atoms with Gasteiger partial charge in [0.25, 0.3) is 0 Å². The molecule has 0 bridgehead atoms. The predicted molar refractivity (Wildman–Crippen MR) is 75.1 cm³/mol. The van der Waals surface area contributed by atoms with Crippen LogP contribution < -0.4 is 5.73 Å². The van der Waals surface area contributed by atoms with Crippen molar-refractivity contribution in [2.75, 3.05) is 33.2 Å². The Hall–Kier alpha value is -1.09. The van der Waals surface area contributed by atoms with Crippen molar-refractivity contribution in [3.05, 3.63) is 29.3 Å². The second-order valence-corrected chi connectivity index (χ2v) is 7.01. The molecule has 2 rings (SSSR count). The van der Waals surface area contributed by atoms with Crippen LogP contribution in [0.25, 0.3) is 0 Å². The molecule has 0 aliphatic carbocycles. The van der Waals surface area contributed by atoms with Crippen molar-refractivity contribution in [2.45, 2.75) is 17.9 Å². The Kier molecular flexibility index (Phi) is 4.92. The molecular weight excluding hydrogens is 300 g/mol. The van der Waals surface area contributed by atoms with Crippen LogP contribution in [-0.4, -0.2) is 50.8 Å². The summed E-state index contributed by atoms with van der Waals surface area (Å²) in [4.78, 5) is 1.51. The SMILES string of the molecule is CN1CCCN(S(=O)(=O)c2ccc(F)c(CN)c2F)CC1. The number of benzene rings is 1. The van der Waals surface area contributed by atoms with Gasteiger partial charge in [-0.3, -0.25) is 0 Å². The number of likely N-dealkylation sites (N-methyl/N-ethyl adjacent to an activating group) is 1. The topological polar surface area (TPSA) is 66.6 Å². The number of hydrogen-bond acceptors (Lipinski definition) is 4. The van der Waals surface area contributed by atoms with Crippen molar-refractivity contribution < 1.29 is 17.2 Å². The Morgan fingerprint density at radius 2 is 1.90 bits per heavy atom. The van der Waals surface area contributed by atoms with Crippen molar-refractivity contribution in [2.24, 2.45) is 5.73 Å². The monoisotopic (exact) mass is 319 g/mol. The summed E-state index contributed by atoms with van der Waals surface area (Å²) in [5.41, 5.74) is 4.89. The molecule has 118 valence electrons. The molecule has 5 nitrogen and oxygen atoms in total. The minimum absolute atomic E-state index is 0.285. The maximum absolute atomic E-state index is 14.2. The highest BCUT2D eigenvalue weighted by atomic mass is 32.2. The van der Waals surface area contributed by atoms with E-state index in [4.69, 9.17) is 5.73 Å². The van der Waals surface area contributed by atoms with Crippen LogP contribution in [0.4, 0.5) is 8.78 Å². The fourth-order valence-corrected chi connectivity index (χ4v) is 3.92. The molecule has 1 saturated heterocycles. The lowest BCUT2D eigenvalue weighted by Gasteiger charge is -2.21. The van der Waals surface area contributed by atoms with Gasteiger partial charge in [-0.25, -0.2) is 17.2 Å². The Labute approximate surface area is 123 Å². The number of nitrogens with zero attached hydrogens (tertiary/aromatic N) is 2. The second kappa shape index (κ2) is 6.35. The van der Waals surface area contributed by atoms with E-state index in [9.17, 15) is 17.2 Å². The van der Waals surface area contributed by atoms with Crippen molar-refractivity contribution in [1.82, 2.24) is 9.21 Å². The zero-order valence-electron chi connectivity index (χ0n) is 11.8. The van der Waals surface area contributed by atoms with E-state index in [0.717, 1.165) is 18.7 Å². The maximum atomic E-state index is 14.2. The standard InChI is InChI=1S/C13H19F2N3O2S/c1-17-5-2-6-18(8-7-17)21(19,20)12-4-3-11(14)10(9-16)13(12)15/h3-4H,2,5-9,16H2,1H3. The lowest BCUT2D eigenvalue weighted by molar-refractivity contribution is 0.346. The van der Waals surface area contributed by atoms with Gasteiger partial charge in [0, 0.05) is 31.7 Å². The second-order valence-electron chi connectivity index (χ2n) is 5.10. The van der Waals surface area contributed by atoms with Crippen molar-refractivity contribution >= 4 is 10.0 Å². The molecule has 1 aliphatic heterocycles. The molecule has 1 aliphatic rings. The Balaban J connectivity index is 2.40. The van der Waals surface area contributed by atoms with Gasteiger partial charge in [-0.05, 0) is 32.1 Å². The normalized spacial score (nSPS) is 18.7. The van der Waals surface area contributed by atoms with Crippen molar-refractivity contribution in [3.63, 3.8) is 0 Å². The summed E-state index contributed by atoms with van der Waals surface area (Å²) in [6.07, 6.45) is 0.669. The highest BCUT2D eigenvalue weighted by Gasteiger charge is 2.30. The highest BCUT2D eigenvalue weighted by molar-refractivity contribution is 7.89. The number of sulfonamides is 1. The highest BCUT2D eigenvalue weighted by Crippen LogP contribution is 2.24. The third-order valence-corrected chi connectivity index (χ3v) is 5.57. The van der Waals surface area contributed by atoms with E-state index in [2.05, 4.69) is 0 Å². The molecule has 0 amide bonds. The average molecular weight is 319 g/mol. The molecule has 8 heteroatoms. The Bertz CT molecular complexity index is 622. The molecule has 0 aromatic heterocycles. The van der Waals surface area contributed by atoms with Crippen molar-refractivity contribution in [1.29, 1.82) is 0 Å². The summed E-state index contributed by atoms with van der Waals surface area (Å²) in [7, 11) is -2.08. The van der Waals surface area contributed by atoms with E-state index < -0.39 is 32.1 Å². The minimum Gasteiger partial charge on any atom is -0.326 e. The first kappa shape index (κ1) is 16.3. The molecule has 1 fully saturated rings.